The van der Waals surface area contributed by atoms with E-state index < -0.39 is 11.7 Å². The van der Waals surface area contributed by atoms with Gasteiger partial charge < -0.3 is 5.32 Å². The Morgan fingerprint density at radius 3 is 2.32 bits per heavy atom. The third-order valence-electron chi connectivity index (χ3n) is 4.82. The normalized spacial score (nSPS) is 16.2. The van der Waals surface area contributed by atoms with Crippen molar-refractivity contribution in [1.82, 2.24) is 4.90 Å². The second kappa shape index (κ2) is 8.72. The smallest absolute Gasteiger partial charge is 0.326 e. The molecule has 0 bridgehead atoms. The second-order valence-electron chi connectivity index (χ2n) is 6.86. The summed E-state index contributed by atoms with van der Waals surface area (Å²) >= 11 is 11.5. The lowest BCUT2D eigenvalue weighted by atomic mass is 9.95. The predicted octanol–water partition coefficient (Wildman–Crippen LogP) is 5.86. The third kappa shape index (κ3) is 5.40. The SMILES string of the molecule is O=C(Nc1ccc(Cl)c(C(F)(F)F)c1)C1CCN(Cc2ccc(Cl)cc2)CC1. The molecule has 1 aliphatic rings. The zero-order valence-corrected chi connectivity index (χ0v) is 16.4. The number of nitrogens with zero attached hydrogens (tertiary/aromatic N) is 1. The lowest BCUT2D eigenvalue weighted by Crippen LogP contribution is -2.37. The summed E-state index contributed by atoms with van der Waals surface area (Å²) < 4.78 is 38.9. The van der Waals surface area contributed by atoms with E-state index in [1.807, 2.05) is 24.3 Å². The van der Waals surface area contributed by atoms with Crippen molar-refractivity contribution in [2.24, 2.45) is 5.92 Å². The van der Waals surface area contributed by atoms with Crippen molar-refractivity contribution in [1.29, 1.82) is 0 Å². The Bertz CT molecular complexity index is 832. The molecule has 2 aromatic rings. The maximum Gasteiger partial charge on any atom is 0.417 e. The fourth-order valence-electron chi connectivity index (χ4n) is 3.27. The Kier molecular flexibility index (Phi) is 6.53. The van der Waals surface area contributed by atoms with Crippen LogP contribution in [-0.2, 0) is 17.5 Å². The van der Waals surface area contributed by atoms with E-state index in [-0.39, 0.29) is 22.5 Å². The number of carbonyl (C=O) groups excluding carboxylic acids is 1. The quantitative estimate of drug-likeness (QED) is 0.658. The van der Waals surface area contributed by atoms with Gasteiger partial charge in [-0.15, -0.1) is 0 Å². The first-order chi connectivity index (χ1) is 13.2. The molecule has 0 aliphatic carbocycles. The number of likely N-dealkylation sites (tertiary alicyclic amines) is 1. The Balaban J connectivity index is 1.55. The summed E-state index contributed by atoms with van der Waals surface area (Å²) in [6.07, 6.45) is -3.26. The van der Waals surface area contributed by atoms with Gasteiger partial charge in [-0.05, 0) is 61.8 Å². The first kappa shape index (κ1) is 21.0. The Hall–Kier alpha value is -1.76. The molecule has 0 radical (unpaired) electrons. The molecule has 1 fully saturated rings. The highest BCUT2D eigenvalue weighted by molar-refractivity contribution is 6.31. The molecule has 3 rings (SSSR count). The maximum absolute atomic E-state index is 13.0. The molecule has 3 nitrogen and oxygen atoms in total. The second-order valence-corrected chi connectivity index (χ2v) is 7.70. The minimum Gasteiger partial charge on any atom is -0.326 e. The fraction of sp³-hybridized carbons (Fsp3) is 0.350. The van der Waals surface area contributed by atoms with Crippen LogP contribution in [0, 0.1) is 5.92 Å². The number of hydrogen-bond acceptors (Lipinski definition) is 2. The van der Waals surface area contributed by atoms with Crippen LogP contribution in [0.4, 0.5) is 18.9 Å². The van der Waals surface area contributed by atoms with Gasteiger partial charge in [-0.25, -0.2) is 0 Å². The van der Waals surface area contributed by atoms with Gasteiger partial charge in [-0.2, -0.15) is 13.2 Å². The van der Waals surface area contributed by atoms with Crippen molar-refractivity contribution in [3.8, 4) is 0 Å². The summed E-state index contributed by atoms with van der Waals surface area (Å²) in [6.45, 7) is 2.27. The number of alkyl halides is 3. The summed E-state index contributed by atoms with van der Waals surface area (Å²) in [4.78, 5) is 14.7. The van der Waals surface area contributed by atoms with Gasteiger partial charge in [0.1, 0.15) is 0 Å². The van der Waals surface area contributed by atoms with E-state index in [2.05, 4.69) is 10.2 Å². The van der Waals surface area contributed by atoms with Gasteiger partial charge in [0, 0.05) is 23.2 Å². The van der Waals surface area contributed by atoms with Crippen molar-refractivity contribution >= 4 is 34.8 Å². The molecule has 0 spiro atoms. The fourth-order valence-corrected chi connectivity index (χ4v) is 3.62. The van der Waals surface area contributed by atoms with Crippen LogP contribution < -0.4 is 5.32 Å². The highest BCUT2D eigenvalue weighted by Crippen LogP contribution is 2.36. The number of hydrogen-bond donors (Lipinski definition) is 1. The molecule has 8 heteroatoms. The summed E-state index contributed by atoms with van der Waals surface area (Å²) in [5, 5.41) is 2.89. The zero-order chi connectivity index (χ0) is 20.3. The molecule has 2 aromatic carbocycles. The van der Waals surface area contributed by atoms with E-state index in [1.165, 1.54) is 6.07 Å². The molecule has 28 heavy (non-hydrogen) atoms. The Morgan fingerprint density at radius 2 is 1.71 bits per heavy atom. The van der Waals surface area contributed by atoms with Crippen molar-refractivity contribution in [2.75, 3.05) is 18.4 Å². The zero-order valence-electron chi connectivity index (χ0n) is 14.9. The first-order valence-electron chi connectivity index (χ1n) is 8.87. The summed E-state index contributed by atoms with van der Waals surface area (Å²) in [7, 11) is 0. The van der Waals surface area contributed by atoms with Crippen LogP contribution in [0.2, 0.25) is 10.0 Å². The van der Waals surface area contributed by atoms with Crippen LogP contribution in [0.3, 0.4) is 0 Å². The number of halogens is 5. The Morgan fingerprint density at radius 1 is 1.07 bits per heavy atom. The molecule has 0 aromatic heterocycles. The molecule has 0 saturated carbocycles. The molecule has 1 heterocycles. The van der Waals surface area contributed by atoms with E-state index in [4.69, 9.17) is 23.2 Å². The largest absolute Gasteiger partial charge is 0.417 e. The minimum atomic E-state index is -4.56. The summed E-state index contributed by atoms with van der Waals surface area (Å²) in [6, 6.07) is 11.0. The van der Waals surface area contributed by atoms with Gasteiger partial charge in [0.15, 0.2) is 0 Å². The van der Waals surface area contributed by atoms with Gasteiger partial charge in [-0.1, -0.05) is 35.3 Å². The average Bonchev–Trinajstić information content (AvgIpc) is 2.65. The Labute approximate surface area is 171 Å². The highest BCUT2D eigenvalue weighted by Gasteiger charge is 2.33. The van der Waals surface area contributed by atoms with Gasteiger partial charge in [0.25, 0.3) is 0 Å². The molecule has 1 aliphatic heterocycles. The van der Waals surface area contributed by atoms with E-state index in [0.29, 0.717) is 17.9 Å². The molecular formula is C20H19Cl2F3N2O. The van der Waals surface area contributed by atoms with Gasteiger partial charge in [-0.3, -0.25) is 9.69 Å². The van der Waals surface area contributed by atoms with Gasteiger partial charge in [0.2, 0.25) is 5.91 Å². The number of amides is 1. The first-order valence-corrected chi connectivity index (χ1v) is 9.62. The topological polar surface area (TPSA) is 32.3 Å². The van der Waals surface area contributed by atoms with Crippen LogP contribution in [0.5, 0.6) is 0 Å². The predicted molar refractivity (Wildman–Crippen MR) is 105 cm³/mol. The van der Waals surface area contributed by atoms with Crippen molar-refractivity contribution in [3.63, 3.8) is 0 Å². The number of piperidine rings is 1. The van der Waals surface area contributed by atoms with E-state index in [0.717, 1.165) is 37.3 Å². The third-order valence-corrected chi connectivity index (χ3v) is 5.40. The average molecular weight is 431 g/mol. The van der Waals surface area contributed by atoms with Crippen molar-refractivity contribution in [3.05, 3.63) is 63.6 Å². The standard InChI is InChI=1S/C20H19Cl2F3N2O/c21-15-3-1-13(2-4-15)12-27-9-7-14(8-10-27)19(28)26-16-5-6-18(22)17(11-16)20(23,24)25/h1-6,11,14H,7-10,12H2,(H,26,28). The summed E-state index contributed by atoms with van der Waals surface area (Å²) in [5.74, 6) is -0.493. The van der Waals surface area contributed by atoms with Crippen LogP contribution in [-0.4, -0.2) is 23.9 Å². The number of anilines is 1. The number of nitrogens with one attached hydrogen (secondary N) is 1. The van der Waals surface area contributed by atoms with E-state index in [9.17, 15) is 18.0 Å². The van der Waals surface area contributed by atoms with Crippen LogP contribution >= 0.6 is 23.2 Å². The molecule has 1 N–H and O–H groups in total. The maximum atomic E-state index is 13.0. The molecule has 1 saturated heterocycles. The summed E-state index contributed by atoms with van der Waals surface area (Å²) in [5.41, 5.74) is 0.295. The molecule has 1 amide bonds. The minimum absolute atomic E-state index is 0.102. The molecular weight excluding hydrogens is 412 g/mol. The monoisotopic (exact) mass is 430 g/mol. The van der Waals surface area contributed by atoms with Gasteiger partial charge >= 0.3 is 6.18 Å². The molecule has 0 unspecified atom stereocenters. The number of rotatable bonds is 4. The number of carbonyl (C=O) groups is 1. The van der Waals surface area contributed by atoms with Crippen LogP contribution in [0.15, 0.2) is 42.5 Å². The number of benzene rings is 2. The lowest BCUT2D eigenvalue weighted by molar-refractivity contribution is -0.137. The van der Waals surface area contributed by atoms with Crippen molar-refractivity contribution in [2.45, 2.75) is 25.6 Å². The van der Waals surface area contributed by atoms with E-state index in [1.54, 1.807) is 0 Å². The van der Waals surface area contributed by atoms with Crippen LogP contribution in [0.1, 0.15) is 24.0 Å². The van der Waals surface area contributed by atoms with Crippen molar-refractivity contribution < 1.29 is 18.0 Å². The highest BCUT2D eigenvalue weighted by atomic mass is 35.5. The van der Waals surface area contributed by atoms with Gasteiger partial charge in [0.05, 0.1) is 10.6 Å². The molecule has 150 valence electrons. The lowest BCUT2D eigenvalue weighted by Gasteiger charge is -2.31. The van der Waals surface area contributed by atoms with E-state index >= 15 is 0 Å². The van der Waals surface area contributed by atoms with Crippen LogP contribution in [0.25, 0.3) is 0 Å². The molecule has 0 atom stereocenters.